The molecule has 0 bridgehead atoms. The van der Waals surface area contributed by atoms with E-state index in [0.717, 1.165) is 6.07 Å². The molecule has 0 radical (unpaired) electrons. The lowest BCUT2D eigenvalue weighted by molar-refractivity contribution is -0.384. The molecule has 0 fully saturated rings. The van der Waals surface area contributed by atoms with E-state index < -0.39 is 35.1 Å². The van der Waals surface area contributed by atoms with Crippen molar-refractivity contribution in [3.05, 3.63) is 38.9 Å². The van der Waals surface area contributed by atoms with Crippen LogP contribution in [0.15, 0.2) is 18.2 Å². The van der Waals surface area contributed by atoms with Gasteiger partial charge >= 0.3 is 5.97 Å². The summed E-state index contributed by atoms with van der Waals surface area (Å²) in [6.45, 7) is -0.431. The molecule has 1 amide bonds. The van der Waals surface area contributed by atoms with Gasteiger partial charge in [0.05, 0.1) is 10.5 Å². The summed E-state index contributed by atoms with van der Waals surface area (Å²) in [6.07, 6.45) is -0.187. The molecule has 20 heavy (non-hydrogen) atoms. The number of nitro benzene ring substituents is 1. The van der Waals surface area contributed by atoms with E-state index in [1.165, 1.54) is 12.1 Å². The Balaban J connectivity index is 3.00. The minimum Gasteiger partial charge on any atom is -0.480 e. The summed E-state index contributed by atoms with van der Waals surface area (Å²) in [4.78, 5) is 32.7. The maximum atomic E-state index is 11.9. The monoisotopic (exact) mass is 302 g/mol. The van der Waals surface area contributed by atoms with Gasteiger partial charge in [-0.1, -0.05) is 17.7 Å². The maximum absolute atomic E-state index is 11.9. The highest BCUT2D eigenvalue weighted by atomic mass is 35.5. The molecule has 0 unspecified atom stereocenters. The Labute approximate surface area is 118 Å². The number of amides is 1. The van der Waals surface area contributed by atoms with Crippen LogP contribution in [0.4, 0.5) is 5.69 Å². The van der Waals surface area contributed by atoms with Crippen LogP contribution in [0.5, 0.6) is 0 Å². The number of carbonyl (C=O) groups is 2. The fourth-order valence-corrected chi connectivity index (χ4v) is 1.74. The van der Waals surface area contributed by atoms with E-state index in [4.69, 9.17) is 21.8 Å². The molecule has 0 aliphatic heterocycles. The highest BCUT2D eigenvalue weighted by Crippen LogP contribution is 2.27. The van der Waals surface area contributed by atoms with Crippen LogP contribution >= 0.6 is 11.6 Å². The predicted molar refractivity (Wildman–Crippen MR) is 68.7 cm³/mol. The fraction of sp³-hybridized carbons (Fsp3) is 0.273. The number of nitro groups is 1. The highest BCUT2D eigenvalue weighted by molar-refractivity contribution is 6.35. The van der Waals surface area contributed by atoms with Gasteiger partial charge in [0.15, 0.2) is 0 Å². The second-order valence-corrected chi connectivity index (χ2v) is 4.15. The molecule has 1 atom stereocenters. The van der Waals surface area contributed by atoms with Gasteiger partial charge in [-0.15, -0.1) is 0 Å². The summed E-state index contributed by atoms with van der Waals surface area (Å²) < 4.78 is 0. The van der Waals surface area contributed by atoms with Crippen molar-refractivity contribution in [2.24, 2.45) is 0 Å². The zero-order valence-corrected chi connectivity index (χ0v) is 10.8. The van der Waals surface area contributed by atoms with Crippen LogP contribution in [0, 0.1) is 10.1 Å². The number of aliphatic hydroxyl groups is 1. The average Bonchev–Trinajstić information content (AvgIpc) is 2.37. The van der Waals surface area contributed by atoms with Crippen LogP contribution < -0.4 is 5.32 Å². The molecule has 0 heterocycles. The smallest absolute Gasteiger partial charge is 0.326 e. The molecule has 1 aromatic rings. The first-order valence-electron chi connectivity index (χ1n) is 5.46. The fourth-order valence-electron chi connectivity index (χ4n) is 1.46. The average molecular weight is 303 g/mol. The lowest BCUT2D eigenvalue weighted by Crippen LogP contribution is -2.41. The molecule has 0 aliphatic rings. The summed E-state index contributed by atoms with van der Waals surface area (Å²) in [6, 6.07) is 2.33. The Morgan fingerprint density at radius 2 is 2.10 bits per heavy atom. The Hall–Kier alpha value is -2.19. The van der Waals surface area contributed by atoms with Crippen LogP contribution in [-0.2, 0) is 4.79 Å². The Morgan fingerprint density at radius 3 is 2.60 bits per heavy atom. The molecule has 8 nitrogen and oxygen atoms in total. The minimum absolute atomic E-state index is 0.187. The number of nitrogens with one attached hydrogen (secondary N) is 1. The van der Waals surface area contributed by atoms with Crippen molar-refractivity contribution in [3.63, 3.8) is 0 Å². The molecule has 0 spiro atoms. The van der Waals surface area contributed by atoms with E-state index in [9.17, 15) is 19.7 Å². The lowest BCUT2D eigenvalue weighted by Gasteiger charge is -2.13. The highest BCUT2D eigenvalue weighted by Gasteiger charge is 2.24. The Bertz CT molecular complexity index is 548. The number of aliphatic hydroxyl groups excluding tert-OH is 1. The first kappa shape index (κ1) is 15.9. The van der Waals surface area contributed by atoms with Gasteiger partial charge in [-0.2, -0.15) is 0 Å². The quantitative estimate of drug-likeness (QED) is 0.526. The molecule has 0 aliphatic carbocycles. The van der Waals surface area contributed by atoms with Gasteiger partial charge in [0.2, 0.25) is 0 Å². The molecule has 3 N–H and O–H groups in total. The molecule has 1 aromatic carbocycles. The third-order valence-electron chi connectivity index (χ3n) is 2.44. The van der Waals surface area contributed by atoms with Gasteiger partial charge in [-0.3, -0.25) is 14.9 Å². The summed E-state index contributed by atoms with van der Waals surface area (Å²) in [5.74, 6) is -2.19. The van der Waals surface area contributed by atoms with Gasteiger partial charge in [0.1, 0.15) is 11.1 Å². The summed E-state index contributed by atoms with van der Waals surface area (Å²) in [7, 11) is 0. The van der Waals surface area contributed by atoms with Gasteiger partial charge < -0.3 is 15.5 Å². The third kappa shape index (κ3) is 3.65. The number of halogens is 1. The number of carboxylic acids is 1. The van der Waals surface area contributed by atoms with E-state index in [-0.39, 0.29) is 17.0 Å². The van der Waals surface area contributed by atoms with E-state index in [0.29, 0.717) is 0 Å². The zero-order valence-electron chi connectivity index (χ0n) is 10.1. The Kier molecular flexibility index (Phi) is 5.42. The van der Waals surface area contributed by atoms with Crippen molar-refractivity contribution in [3.8, 4) is 0 Å². The van der Waals surface area contributed by atoms with Crippen molar-refractivity contribution < 1.29 is 24.7 Å². The van der Waals surface area contributed by atoms with Gasteiger partial charge in [-0.05, 0) is 6.07 Å². The minimum atomic E-state index is -1.33. The molecule has 1 rings (SSSR count). The number of hydrogen-bond acceptors (Lipinski definition) is 5. The van der Waals surface area contributed by atoms with Crippen molar-refractivity contribution in [2.75, 3.05) is 6.61 Å². The van der Waals surface area contributed by atoms with Gasteiger partial charge in [0.25, 0.3) is 11.6 Å². The number of aliphatic carboxylic acids is 1. The summed E-state index contributed by atoms with van der Waals surface area (Å²) >= 11 is 5.74. The molecule has 0 aromatic heterocycles. The largest absolute Gasteiger partial charge is 0.480 e. The van der Waals surface area contributed by atoms with Crippen molar-refractivity contribution in [1.82, 2.24) is 5.32 Å². The zero-order chi connectivity index (χ0) is 15.3. The molecule has 108 valence electrons. The topological polar surface area (TPSA) is 130 Å². The number of hydrogen-bond donors (Lipinski definition) is 3. The first-order chi connectivity index (χ1) is 9.38. The lowest BCUT2D eigenvalue weighted by atomic mass is 10.1. The summed E-state index contributed by atoms with van der Waals surface area (Å²) in [5.41, 5.74) is -0.654. The normalized spacial score (nSPS) is 11.7. The molecule has 9 heteroatoms. The molecule has 0 saturated carbocycles. The summed E-state index contributed by atoms with van der Waals surface area (Å²) in [5, 5.41) is 30.0. The second kappa shape index (κ2) is 6.83. The van der Waals surface area contributed by atoms with E-state index in [2.05, 4.69) is 5.32 Å². The van der Waals surface area contributed by atoms with E-state index in [1.54, 1.807) is 0 Å². The second-order valence-electron chi connectivity index (χ2n) is 3.77. The van der Waals surface area contributed by atoms with Crippen LogP contribution in [0.25, 0.3) is 0 Å². The SMILES string of the molecule is O=C(N[C@H](CCO)C(=O)O)c1cccc([N+](=O)[O-])c1Cl. The number of nitrogens with zero attached hydrogens (tertiary/aromatic N) is 1. The number of carbonyl (C=O) groups excluding carboxylic acids is 1. The van der Waals surface area contributed by atoms with Crippen molar-refractivity contribution in [2.45, 2.75) is 12.5 Å². The van der Waals surface area contributed by atoms with Crippen molar-refractivity contribution in [1.29, 1.82) is 0 Å². The van der Waals surface area contributed by atoms with Crippen molar-refractivity contribution >= 4 is 29.2 Å². The van der Waals surface area contributed by atoms with Crippen LogP contribution in [-0.4, -0.2) is 39.7 Å². The standard InChI is InChI=1S/C11H11ClN2O6/c12-9-6(2-1-3-8(9)14(19)20)10(16)13-7(4-5-15)11(17)18/h1-3,7,15H,4-5H2,(H,13,16)(H,17,18)/t7-/m1/s1. The predicted octanol–water partition coefficient (Wildman–Crippen LogP) is 0.814. The van der Waals surface area contributed by atoms with Crippen LogP contribution in [0.1, 0.15) is 16.8 Å². The number of carboxylic acid groups (broad SMARTS) is 1. The number of rotatable bonds is 6. The molecular formula is C11H11ClN2O6. The maximum Gasteiger partial charge on any atom is 0.326 e. The van der Waals surface area contributed by atoms with Crippen LogP contribution in [0.2, 0.25) is 5.02 Å². The molecular weight excluding hydrogens is 292 g/mol. The number of benzene rings is 1. The van der Waals surface area contributed by atoms with Gasteiger partial charge in [-0.25, -0.2) is 4.79 Å². The first-order valence-corrected chi connectivity index (χ1v) is 5.83. The Morgan fingerprint density at radius 1 is 1.45 bits per heavy atom. The third-order valence-corrected chi connectivity index (χ3v) is 2.84. The van der Waals surface area contributed by atoms with Crippen LogP contribution in [0.3, 0.4) is 0 Å². The molecule has 0 saturated heterocycles. The van der Waals surface area contributed by atoms with Gasteiger partial charge in [0, 0.05) is 19.1 Å². The van der Waals surface area contributed by atoms with E-state index in [1.807, 2.05) is 0 Å². The van der Waals surface area contributed by atoms with E-state index >= 15 is 0 Å².